The van der Waals surface area contributed by atoms with E-state index in [0.717, 1.165) is 48.0 Å². The Morgan fingerprint density at radius 3 is 2.14 bits per heavy atom. The van der Waals surface area contributed by atoms with E-state index in [2.05, 4.69) is 4.90 Å². The first-order chi connectivity index (χ1) is 19.9. The molecule has 0 aliphatic heterocycles. The van der Waals surface area contributed by atoms with Crippen molar-refractivity contribution in [1.82, 2.24) is 9.88 Å². The molecule has 1 heterocycles. The third-order valence-electron chi connectivity index (χ3n) is 7.57. The van der Waals surface area contributed by atoms with Gasteiger partial charge >= 0.3 is 18.4 Å². The number of hydrogen-bond acceptors (Lipinski definition) is 4. The lowest BCUT2D eigenvalue weighted by Crippen LogP contribution is -2.34. The maximum atomic E-state index is 13.5. The molecule has 0 radical (unpaired) electrons. The molecule has 1 aliphatic rings. The minimum Gasteiger partial charge on any atom is -0.450 e. The first kappa shape index (κ1) is 31.4. The first-order valence-corrected chi connectivity index (χ1v) is 14.2. The van der Waals surface area contributed by atoms with Gasteiger partial charge in [-0.05, 0) is 68.5 Å². The Morgan fingerprint density at radius 2 is 1.55 bits per heavy atom. The van der Waals surface area contributed by atoms with Crippen LogP contribution < -0.4 is 4.90 Å². The molecule has 0 unspecified atom stereocenters. The molecule has 4 rings (SSSR count). The van der Waals surface area contributed by atoms with Crippen LogP contribution >= 0.6 is 0 Å². The lowest BCUT2D eigenvalue weighted by molar-refractivity contribution is -0.143. The molecule has 2 aromatic carbocycles. The average molecular weight is 596 g/mol. The maximum absolute atomic E-state index is 13.5. The number of aromatic nitrogens is 1. The summed E-state index contributed by atoms with van der Waals surface area (Å²) in [5.41, 5.74) is -1.81. The monoisotopic (exact) mass is 595 g/mol. The molecule has 42 heavy (non-hydrogen) atoms. The number of para-hydroxylation sites is 1. The smallest absolute Gasteiger partial charge is 0.416 e. The summed E-state index contributed by atoms with van der Waals surface area (Å²) < 4.78 is 86.4. The fraction of sp³-hybridized carbons (Fsp3) is 0.484. The predicted molar refractivity (Wildman–Crippen MR) is 149 cm³/mol. The van der Waals surface area contributed by atoms with Crippen molar-refractivity contribution >= 4 is 22.8 Å². The van der Waals surface area contributed by atoms with Crippen LogP contribution in [0, 0.1) is 5.92 Å². The summed E-state index contributed by atoms with van der Waals surface area (Å²) in [5.74, 6) is 1.11. The van der Waals surface area contributed by atoms with E-state index < -0.39 is 36.1 Å². The standard InChI is InChI=1S/C31H35F6N3O2/c1-3-39(18-21-10-6-5-7-11-21)28-24(16-23-12-8-9-13-27(23)38-28)20-40(29(41)42-4-2)19-22-14-25(30(32,33)34)17-26(15-22)31(35,36)37/h8-9,12-17,21H,3-7,10-11,18-20H2,1-2H3. The minimum atomic E-state index is -5.00. The zero-order valence-corrected chi connectivity index (χ0v) is 23.7. The van der Waals surface area contributed by atoms with Gasteiger partial charge in [0.1, 0.15) is 5.82 Å². The molecule has 11 heteroatoms. The van der Waals surface area contributed by atoms with Crippen molar-refractivity contribution in [2.75, 3.05) is 24.6 Å². The second-order valence-electron chi connectivity index (χ2n) is 10.7. The number of hydrogen-bond donors (Lipinski definition) is 0. The van der Waals surface area contributed by atoms with Crippen molar-refractivity contribution in [3.8, 4) is 0 Å². The number of ether oxygens (including phenoxy) is 1. The largest absolute Gasteiger partial charge is 0.450 e. The van der Waals surface area contributed by atoms with E-state index in [4.69, 9.17) is 9.72 Å². The molecule has 0 N–H and O–H groups in total. The summed E-state index contributed by atoms with van der Waals surface area (Å²) in [6.45, 7) is 4.32. The Kier molecular flexibility index (Phi) is 9.89. The van der Waals surface area contributed by atoms with E-state index in [1.807, 2.05) is 37.3 Å². The van der Waals surface area contributed by atoms with Gasteiger partial charge in [0.15, 0.2) is 0 Å². The van der Waals surface area contributed by atoms with Crippen LogP contribution in [0.25, 0.3) is 10.9 Å². The summed E-state index contributed by atoms with van der Waals surface area (Å²) in [6, 6.07) is 10.7. The number of carbonyl (C=O) groups is 1. The highest BCUT2D eigenvalue weighted by atomic mass is 19.4. The van der Waals surface area contributed by atoms with Gasteiger partial charge in [0, 0.05) is 30.6 Å². The molecular formula is C31H35F6N3O2. The first-order valence-electron chi connectivity index (χ1n) is 14.2. The van der Waals surface area contributed by atoms with Gasteiger partial charge in [0.25, 0.3) is 0 Å². The van der Waals surface area contributed by atoms with E-state index in [-0.39, 0.29) is 24.8 Å². The Labute approximate surface area is 241 Å². The van der Waals surface area contributed by atoms with E-state index in [1.54, 1.807) is 6.92 Å². The van der Waals surface area contributed by atoms with Crippen molar-refractivity contribution in [1.29, 1.82) is 0 Å². The van der Waals surface area contributed by atoms with Crippen LogP contribution in [0.5, 0.6) is 0 Å². The molecule has 1 saturated carbocycles. The number of anilines is 1. The molecular weight excluding hydrogens is 560 g/mol. The van der Waals surface area contributed by atoms with E-state index in [9.17, 15) is 31.1 Å². The highest BCUT2D eigenvalue weighted by Gasteiger charge is 2.37. The van der Waals surface area contributed by atoms with Crippen molar-refractivity contribution in [2.24, 2.45) is 5.92 Å². The van der Waals surface area contributed by atoms with E-state index in [1.165, 1.54) is 6.42 Å². The van der Waals surface area contributed by atoms with Crippen LogP contribution in [0.15, 0.2) is 48.5 Å². The molecule has 0 spiro atoms. The van der Waals surface area contributed by atoms with Crippen LogP contribution in [0.4, 0.5) is 37.0 Å². The van der Waals surface area contributed by atoms with E-state index >= 15 is 0 Å². The molecule has 1 aliphatic carbocycles. The summed E-state index contributed by atoms with van der Waals surface area (Å²) in [6.07, 6.45) is -5.11. The van der Waals surface area contributed by atoms with Crippen LogP contribution in [0.3, 0.4) is 0 Å². The molecule has 0 saturated heterocycles. The molecule has 1 fully saturated rings. The molecule has 5 nitrogen and oxygen atoms in total. The third-order valence-corrected chi connectivity index (χ3v) is 7.57. The molecule has 0 bridgehead atoms. The Balaban J connectivity index is 1.75. The van der Waals surface area contributed by atoms with Crippen molar-refractivity contribution in [3.63, 3.8) is 0 Å². The second-order valence-corrected chi connectivity index (χ2v) is 10.7. The van der Waals surface area contributed by atoms with Gasteiger partial charge in [0.2, 0.25) is 0 Å². The zero-order valence-electron chi connectivity index (χ0n) is 23.7. The van der Waals surface area contributed by atoms with Crippen LogP contribution in [-0.2, 0) is 30.2 Å². The van der Waals surface area contributed by atoms with Gasteiger partial charge in [-0.15, -0.1) is 0 Å². The SMILES string of the molecule is CCOC(=O)N(Cc1cc(C(F)(F)F)cc(C(F)(F)F)c1)Cc1cc2ccccc2nc1N(CC)CC1CCCCC1. The number of halogens is 6. The quantitative estimate of drug-likeness (QED) is 0.232. The molecule has 3 aromatic rings. The highest BCUT2D eigenvalue weighted by molar-refractivity contribution is 5.82. The molecule has 228 valence electrons. The normalized spacial score (nSPS) is 14.7. The van der Waals surface area contributed by atoms with Crippen LogP contribution in [0.1, 0.15) is 68.2 Å². The molecule has 1 aromatic heterocycles. The van der Waals surface area contributed by atoms with Crippen molar-refractivity contribution in [3.05, 3.63) is 70.8 Å². The summed E-state index contributed by atoms with van der Waals surface area (Å²) >= 11 is 0. The number of alkyl halides is 6. The number of benzene rings is 2. The van der Waals surface area contributed by atoms with Crippen molar-refractivity contribution < 1.29 is 35.9 Å². The maximum Gasteiger partial charge on any atom is 0.416 e. The highest BCUT2D eigenvalue weighted by Crippen LogP contribution is 2.37. The van der Waals surface area contributed by atoms with E-state index in [0.29, 0.717) is 36.0 Å². The van der Waals surface area contributed by atoms with Crippen LogP contribution in [0.2, 0.25) is 0 Å². The van der Waals surface area contributed by atoms with Crippen LogP contribution in [-0.4, -0.2) is 35.7 Å². The Bertz CT molecular complexity index is 1340. The molecule has 1 amide bonds. The number of pyridine rings is 1. The number of amides is 1. The number of fused-ring (bicyclic) bond motifs is 1. The minimum absolute atomic E-state index is 0.0165. The van der Waals surface area contributed by atoms with Gasteiger partial charge in [-0.3, -0.25) is 4.90 Å². The van der Waals surface area contributed by atoms with Gasteiger partial charge in [-0.1, -0.05) is 37.5 Å². The van der Waals surface area contributed by atoms with Crippen molar-refractivity contribution in [2.45, 2.75) is 71.4 Å². The number of carbonyl (C=O) groups excluding carboxylic acids is 1. The third kappa shape index (κ3) is 7.86. The number of rotatable bonds is 9. The van der Waals surface area contributed by atoms with Gasteiger partial charge in [-0.25, -0.2) is 9.78 Å². The second kappa shape index (κ2) is 13.2. The van der Waals surface area contributed by atoms with Gasteiger partial charge < -0.3 is 9.64 Å². The number of nitrogens with zero attached hydrogens (tertiary/aromatic N) is 3. The fourth-order valence-electron chi connectivity index (χ4n) is 5.52. The summed E-state index contributed by atoms with van der Waals surface area (Å²) in [5, 5.41) is 0.798. The lowest BCUT2D eigenvalue weighted by Gasteiger charge is -2.32. The van der Waals surface area contributed by atoms with Gasteiger partial charge in [0.05, 0.1) is 29.8 Å². The Morgan fingerprint density at radius 1 is 0.905 bits per heavy atom. The fourth-order valence-corrected chi connectivity index (χ4v) is 5.52. The average Bonchev–Trinajstić information content (AvgIpc) is 2.95. The zero-order chi connectivity index (χ0) is 30.5. The lowest BCUT2D eigenvalue weighted by atomic mass is 9.89. The Hall–Kier alpha value is -3.50. The molecule has 0 atom stereocenters. The predicted octanol–water partition coefficient (Wildman–Crippen LogP) is 8.84. The summed E-state index contributed by atoms with van der Waals surface area (Å²) in [7, 11) is 0. The van der Waals surface area contributed by atoms with Gasteiger partial charge in [-0.2, -0.15) is 26.3 Å². The summed E-state index contributed by atoms with van der Waals surface area (Å²) in [4.78, 5) is 21.3. The topological polar surface area (TPSA) is 45.7 Å².